The highest BCUT2D eigenvalue weighted by Gasteiger charge is 2.03. The highest BCUT2D eigenvalue weighted by atomic mass is 35.5. The van der Waals surface area contributed by atoms with Crippen LogP contribution in [0.4, 0.5) is 4.39 Å². The summed E-state index contributed by atoms with van der Waals surface area (Å²) in [5.74, 6) is 0. The van der Waals surface area contributed by atoms with Crippen LogP contribution in [-0.4, -0.2) is 6.67 Å². The fourth-order valence-electron chi connectivity index (χ4n) is 0.826. The minimum Gasteiger partial charge on any atom is -0.322 e. The van der Waals surface area contributed by atoms with Crippen LogP contribution >= 0.6 is 11.6 Å². The molecule has 11 heavy (non-hydrogen) atoms. The van der Waals surface area contributed by atoms with Crippen molar-refractivity contribution in [1.29, 1.82) is 0 Å². The zero-order valence-electron chi connectivity index (χ0n) is 5.93. The Morgan fingerprint density at radius 1 is 1.55 bits per heavy atom. The highest BCUT2D eigenvalue weighted by Crippen LogP contribution is 2.15. The Balaban J connectivity index is 2.86. The van der Waals surface area contributed by atoms with Crippen molar-refractivity contribution in [1.82, 2.24) is 0 Å². The monoisotopic (exact) mass is 173 g/mol. The molecule has 0 bridgehead atoms. The second-order valence-corrected chi connectivity index (χ2v) is 2.75. The first kappa shape index (κ1) is 8.50. The summed E-state index contributed by atoms with van der Waals surface area (Å²) in [6.07, 6.45) is 0. The van der Waals surface area contributed by atoms with Crippen LogP contribution in [0.3, 0.4) is 0 Å². The molecule has 60 valence electrons. The molecule has 0 amide bonds. The van der Waals surface area contributed by atoms with Crippen molar-refractivity contribution >= 4 is 11.6 Å². The topological polar surface area (TPSA) is 26.0 Å². The molecule has 0 spiro atoms. The Labute approximate surface area is 70.0 Å². The van der Waals surface area contributed by atoms with Gasteiger partial charge in [-0.05, 0) is 17.7 Å². The number of hydrogen-bond acceptors (Lipinski definition) is 1. The average Bonchev–Trinajstić information content (AvgIpc) is 2.03. The Morgan fingerprint density at radius 3 is 2.82 bits per heavy atom. The summed E-state index contributed by atoms with van der Waals surface area (Å²) in [7, 11) is 0. The van der Waals surface area contributed by atoms with Gasteiger partial charge in [-0.3, -0.25) is 0 Å². The molecule has 0 unspecified atom stereocenters. The smallest absolute Gasteiger partial charge is 0.109 e. The summed E-state index contributed by atoms with van der Waals surface area (Å²) in [6.45, 7) is -0.555. The summed E-state index contributed by atoms with van der Waals surface area (Å²) < 4.78 is 12.0. The van der Waals surface area contributed by atoms with Crippen LogP contribution < -0.4 is 5.73 Å². The number of alkyl halides is 1. The molecular weight excluding hydrogens is 165 g/mol. The fourth-order valence-corrected chi connectivity index (χ4v) is 1.03. The van der Waals surface area contributed by atoms with E-state index in [1.54, 1.807) is 24.3 Å². The molecule has 0 heterocycles. The lowest BCUT2D eigenvalue weighted by atomic mass is 10.1. The van der Waals surface area contributed by atoms with Gasteiger partial charge in [-0.25, -0.2) is 4.39 Å². The van der Waals surface area contributed by atoms with Gasteiger partial charge in [0, 0.05) is 5.02 Å². The summed E-state index contributed by atoms with van der Waals surface area (Å²) in [5, 5.41) is 0.589. The fraction of sp³-hybridized carbons (Fsp3) is 0.250. The molecule has 0 saturated heterocycles. The molecule has 0 fully saturated rings. The predicted octanol–water partition coefficient (Wildman–Crippen LogP) is 2.31. The minimum absolute atomic E-state index is 0.548. The molecule has 0 radical (unpaired) electrons. The molecule has 0 saturated carbocycles. The van der Waals surface area contributed by atoms with E-state index in [0.717, 1.165) is 5.56 Å². The maximum absolute atomic E-state index is 12.0. The third-order valence-corrected chi connectivity index (χ3v) is 1.68. The minimum atomic E-state index is -0.555. The van der Waals surface area contributed by atoms with Crippen molar-refractivity contribution < 1.29 is 4.39 Å². The largest absolute Gasteiger partial charge is 0.322 e. The lowest BCUT2D eigenvalue weighted by Crippen LogP contribution is -2.11. The SMILES string of the molecule is N[C@H](CF)c1cccc(Cl)c1. The first-order valence-corrected chi connectivity index (χ1v) is 3.69. The van der Waals surface area contributed by atoms with Crippen molar-refractivity contribution in [3.05, 3.63) is 34.9 Å². The van der Waals surface area contributed by atoms with E-state index in [1.807, 2.05) is 0 Å². The molecule has 2 N–H and O–H groups in total. The van der Waals surface area contributed by atoms with Gasteiger partial charge in [-0.1, -0.05) is 23.7 Å². The van der Waals surface area contributed by atoms with Crippen molar-refractivity contribution in [2.45, 2.75) is 6.04 Å². The molecule has 0 aliphatic carbocycles. The Kier molecular flexibility index (Phi) is 2.85. The van der Waals surface area contributed by atoms with Crippen molar-refractivity contribution in [2.24, 2.45) is 5.73 Å². The van der Waals surface area contributed by atoms with Crippen molar-refractivity contribution in [2.75, 3.05) is 6.67 Å². The van der Waals surface area contributed by atoms with Gasteiger partial charge in [-0.2, -0.15) is 0 Å². The molecule has 0 aromatic heterocycles. The summed E-state index contributed by atoms with van der Waals surface area (Å²) in [5.41, 5.74) is 6.17. The normalized spacial score (nSPS) is 13.0. The van der Waals surface area contributed by atoms with Gasteiger partial charge in [0.25, 0.3) is 0 Å². The van der Waals surface area contributed by atoms with E-state index in [1.165, 1.54) is 0 Å². The second kappa shape index (κ2) is 3.69. The summed E-state index contributed by atoms with van der Waals surface area (Å²) in [6, 6.07) is 6.37. The standard InChI is InChI=1S/C8H9ClFN/c9-7-3-1-2-6(4-7)8(11)5-10/h1-4,8H,5,11H2/t8-/m1/s1. The Bertz CT molecular complexity index is 239. The molecular formula is C8H9ClFN. The molecule has 1 rings (SSSR count). The second-order valence-electron chi connectivity index (χ2n) is 2.32. The number of halogens is 2. The summed E-state index contributed by atoms with van der Waals surface area (Å²) in [4.78, 5) is 0. The van der Waals surface area contributed by atoms with E-state index in [4.69, 9.17) is 17.3 Å². The molecule has 0 aliphatic heterocycles. The molecule has 1 aromatic carbocycles. The van der Waals surface area contributed by atoms with Crippen LogP contribution in [0.2, 0.25) is 5.02 Å². The quantitative estimate of drug-likeness (QED) is 0.730. The van der Waals surface area contributed by atoms with Crippen molar-refractivity contribution in [3.63, 3.8) is 0 Å². The number of hydrogen-bond donors (Lipinski definition) is 1. The van der Waals surface area contributed by atoms with Crippen LogP contribution in [0.25, 0.3) is 0 Å². The maximum atomic E-state index is 12.0. The number of benzene rings is 1. The third kappa shape index (κ3) is 2.17. The van der Waals surface area contributed by atoms with Gasteiger partial charge in [0.05, 0.1) is 6.04 Å². The van der Waals surface area contributed by atoms with Crippen LogP contribution in [0, 0.1) is 0 Å². The van der Waals surface area contributed by atoms with E-state index in [9.17, 15) is 4.39 Å². The van der Waals surface area contributed by atoms with Gasteiger partial charge in [0.1, 0.15) is 6.67 Å². The van der Waals surface area contributed by atoms with Gasteiger partial charge in [0.2, 0.25) is 0 Å². The number of rotatable bonds is 2. The van der Waals surface area contributed by atoms with Crippen molar-refractivity contribution in [3.8, 4) is 0 Å². The molecule has 3 heteroatoms. The predicted molar refractivity (Wildman–Crippen MR) is 44.4 cm³/mol. The average molecular weight is 174 g/mol. The van der Waals surface area contributed by atoms with Gasteiger partial charge in [0.15, 0.2) is 0 Å². The lowest BCUT2D eigenvalue weighted by Gasteiger charge is -2.06. The first-order chi connectivity index (χ1) is 5.24. The van der Waals surface area contributed by atoms with Gasteiger partial charge in [-0.15, -0.1) is 0 Å². The van der Waals surface area contributed by atoms with Crippen LogP contribution in [-0.2, 0) is 0 Å². The Morgan fingerprint density at radius 2 is 2.27 bits per heavy atom. The number of nitrogens with two attached hydrogens (primary N) is 1. The van der Waals surface area contributed by atoms with Crippen LogP contribution in [0.1, 0.15) is 11.6 Å². The van der Waals surface area contributed by atoms with Crippen LogP contribution in [0.15, 0.2) is 24.3 Å². The van der Waals surface area contributed by atoms with Crippen LogP contribution in [0.5, 0.6) is 0 Å². The summed E-state index contributed by atoms with van der Waals surface area (Å²) >= 11 is 5.67. The highest BCUT2D eigenvalue weighted by molar-refractivity contribution is 6.30. The molecule has 1 nitrogen and oxygen atoms in total. The molecule has 0 aliphatic rings. The lowest BCUT2D eigenvalue weighted by molar-refractivity contribution is 0.437. The van der Waals surface area contributed by atoms with E-state index >= 15 is 0 Å². The molecule has 1 aromatic rings. The zero-order valence-corrected chi connectivity index (χ0v) is 6.68. The van der Waals surface area contributed by atoms with Gasteiger partial charge >= 0.3 is 0 Å². The van der Waals surface area contributed by atoms with Gasteiger partial charge < -0.3 is 5.73 Å². The molecule has 1 atom stereocenters. The van der Waals surface area contributed by atoms with E-state index in [0.29, 0.717) is 5.02 Å². The Hall–Kier alpha value is -0.600. The zero-order chi connectivity index (χ0) is 8.27. The maximum Gasteiger partial charge on any atom is 0.109 e. The van der Waals surface area contributed by atoms with E-state index < -0.39 is 12.7 Å². The first-order valence-electron chi connectivity index (χ1n) is 3.31. The van der Waals surface area contributed by atoms with E-state index in [-0.39, 0.29) is 0 Å². The third-order valence-electron chi connectivity index (χ3n) is 1.44. The van der Waals surface area contributed by atoms with E-state index in [2.05, 4.69) is 0 Å².